The number of ether oxygens (including phenoxy) is 1. The Kier molecular flexibility index (Phi) is 9.42. The quantitative estimate of drug-likeness (QED) is 0.422. The lowest BCUT2D eigenvalue weighted by Gasteiger charge is -2.28. The molecule has 3 fully saturated rings. The molecule has 3 saturated carbocycles. The number of likely N-dealkylation sites (N-methyl/N-ethyl adjacent to an activating group) is 1. The summed E-state index contributed by atoms with van der Waals surface area (Å²) in [7, 11) is -0.861. The van der Waals surface area contributed by atoms with Gasteiger partial charge >= 0.3 is 6.09 Å². The third-order valence-electron chi connectivity index (χ3n) is 9.92. The number of nitrogens with zero attached hydrogens (tertiary/aromatic N) is 3. The molecular formula is C34H43N5O7S2. The first-order chi connectivity index (χ1) is 22.8. The Balaban J connectivity index is 1.22. The number of thiazole rings is 1. The first-order valence-corrected chi connectivity index (χ1v) is 18.9. The lowest BCUT2D eigenvalue weighted by molar-refractivity contribution is -0.141. The lowest BCUT2D eigenvalue weighted by Crippen LogP contribution is -2.54. The average molecular weight is 698 g/mol. The molecule has 2 aromatic rings. The zero-order chi connectivity index (χ0) is 34.4. The molecule has 6 rings (SSSR count). The standard InChI is InChI=1S/C34H43N5O7S2/c1-20-10-13-25(30-35-21(2)19-47-30)28(15-20)36-33(43)46-23-16-26-27(17-23)31(41)38(3)14-8-6-5-7-9-22-18-34(22,37-29(26)40)32(42)39(4)48(44,45)24-11-12-24/h7,9-10,13,15,19,22-24,26-27H,5-6,8,11-12,14,16-18H2,1-4H3,(H,36,43)(H,37,40)/b9-7-/t22-,23-,26-,27-,34-/m1/s1. The summed E-state index contributed by atoms with van der Waals surface area (Å²) in [5.74, 6) is -3.44. The number of fused-ring (bicyclic) bond motifs is 2. The van der Waals surface area contributed by atoms with E-state index >= 15 is 0 Å². The maximum absolute atomic E-state index is 14.1. The maximum atomic E-state index is 14.1. The summed E-state index contributed by atoms with van der Waals surface area (Å²) in [5, 5.41) is 7.86. The van der Waals surface area contributed by atoms with Crippen LogP contribution in [0.1, 0.15) is 62.6 Å². The van der Waals surface area contributed by atoms with Gasteiger partial charge in [-0.05, 0) is 82.9 Å². The van der Waals surface area contributed by atoms with E-state index in [1.807, 2.05) is 49.6 Å². The van der Waals surface area contributed by atoms with E-state index in [1.165, 1.54) is 18.4 Å². The fraction of sp³-hybridized carbons (Fsp3) is 0.559. The number of hydrogen-bond donors (Lipinski definition) is 2. The van der Waals surface area contributed by atoms with Crippen LogP contribution in [0.25, 0.3) is 10.6 Å². The van der Waals surface area contributed by atoms with Gasteiger partial charge < -0.3 is 15.0 Å². The third-order valence-corrected chi connectivity index (χ3v) is 13.2. The largest absolute Gasteiger partial charge is 0.446 e. The molecule has 1 aromatic heterocycles. The second-order valence-electron chi connectivity index (χ2n) is 13.7. The minimum atomic E-state index is -3.83. The van der Waals surface area contributed by atoms with E-state index in [2.05, 4.69) is 15.6 Å². The van der Waals surface area contributed by atoms with Gasteiger partial charge in [-0.1, -0.05) is 18.2 Å². The monoisotopic (exact) mass is 697 g/mol. The predicted octanol–water partition coefficient (Wildman–Crippen LogP) is 4.39. The smallest absolute Gasteiger partial charge is 0.411 e. The van der Waals surface area contributed by atoms with Gasteiger partial charge in [-0.25, -0.2) is 22.5 Å². The molecule has 0 radical (unpaired) electrons. The number of aryl methyl sites for hydroxylation is 2. The van der Waals surface area contributed by atoms with Crippen molar-refractivity contribution in [3.8, 4) is 10.6 Å². The SMILES string of the molecule is Cc1ccc(-c2nc(C)cs2)c(NC(=O)O[C@@H]2C[C@H]3C(=O)N[C@]4(C(=O)N(C)S(=O)(=O)C5CC5)C[C@H]4/C=C\CCCCN(C)C(=O)[C@@H]3C2)c1. The van der Waals surface area contributed by atoms with Crippen LogP contribution < -0.4 is 10.6 Å². The number of rotatable bonds is 6. The van der Waals surface area contributed by atoms with E-state index in [-0.39, 0.29) is 31.1 Å². The Labute approximate surface area is 285 Å². The van der Waals surface area contributed by atoms with Crippen LogP contribution in [0.5, 0.6) is 0 Å². The maximum Gasteiger partial charge on any atom is 0.411 e. The van der Waals surface area contributed by atoms with Crippen molar-refractivity contribution < 1.29 is 32.3 Å². The second kappa shape index (κ2) is 13.3. The van der Waals surface area contributed by atoms with E-state index in [4.69, 9.17) is 4.74 Å². The summed E-state index contributed by atoms with van der Waals surface area (Å²) in [6, 6.07) is 5.67. The van der Waals surface area contributed by atoms with Crippen molar-refractivity contribution in [1.29, 1.82) is 0 Å². The van der Waals surface area contributed by atoms with Crippen LogP contribution in [0.4, 0.5) is 10.5 Å². The number of amides is 4. The number of anilines is 1. The normalized spacial score (nSPS) is 28.4. The molecule has 2 heterocycles. The molecule has 0 saturated heterocycles. The second-order valence-corrected chi connectivity index (χ2v) is 16.8. The zero-order valence-corrected chi connectivity index (χ0v) is 29.4. The first kappa shape index (κ1) is 34.1. The van der Waals surface area contributed by atoms with Gasteiger partial charge in [0.05, 0.1) is 22.8 Å². The topological polar surface area (TPSA) is 155 Å². The van der Waals surface area contributed by atoms with E-state index in [9.17, 15) is 27.6 Å². The van der Waals surface area contributed by atoms with Gasteiger partial charge in [-0.3, -0.25) is 19.7 Å². The summed E-state index contributed by atoms with van der Waals surface area (Å²) in [4.78, 5) is 61.1. The van der Waals surface area contributed by atoms with Crippen LogP contribution in [0.3, 0.4) is 0 Å². The molecule has 258 valence electrons. The summed E-state index contributed by atoms with van der Waals surface area (Å²) in [6.45, 7) is 4.33. The van der Waals surface area contributed by atoms with Gasteiger partial charge in [-0.2, -0.15) is 0 Å². The van der Waals surface area contributed by atoms with Crippen LogP contribution in [0, 0.1) is 31.6 Å². The molecule has 3 aliphatic carbocycles. The van der Waals surface area contributed by atoms with Crippen LogP contribution in [-0.2, 0) is 29.1 Å². The number of carbonyl (C=O) groups excluding carboxylic acids is 4. The number of benzene rings is 1. The Hall–Kier alpha value is -3.78. The van der Waals surface area contributed by atoms with Crippen LogP contribution in [0.2, 0.25) is 0 Å². The Morgan fingerprint density at radius 2 is 1.90 bits per heavy atom. The highest BCUT2D eigenvalue weighted by atomic mass is 32.2. The molecule has 12 nitrogen and oxygen atoms in total. The molecule has 0 spiro atoms. The Morgan fingerprint density at radius 1 is 1.15 bits per heavy atom. The zero-order valence-electron chi connectivity index (χ0n) is 27.7. The van der Waals surface area contributed by atoms with Gasteiger partial charge in [-0.15, -0.1) is 11.3 Å². The average Bonchev–Trinajstić information content (AvgIpc) is 3.93. The molecule has 14 heteroatoms. The van der Waals surface area contributed by atoms with E-state index in [0.29, 0.717) is 25.1 Å². The van der Waals surface area contributed by atoms with Crippen LogP contribution in [0.15, 0.2) is 35.7 Å². The summed E-state index contributed by atoms with van der Waals surface area (Å²) >= 11 is 1.47. The molecule has 1 aromatic carbocycles. The highest BCUT2D eigenvalue weighted by Crippen LogP contribution is 2.48. The molecule has 4 amide bonds. The van der Waals surface area contributed by atoms with Crippen molar-refractivity contribution in [2.75, 3.05) is 26.0 Å². The highest BCUT2D eigenvalue weighted by Gasteiger charge is 2.63. The Bertz CT molecular complexity index is 1750. The number of allylic oxidation sites excluding steroid dienone is 1. The Morgan fingerprint density at radius 3 is 2.60 bits per heavy atom. The molecule has 5 atom stereocenters. The van der Waals surface area contributed by atoms with Gasteiger partial charge in [0.1, 0.15) is 16.7 Å². The van der Waals surface area contributed by atoms with E-state index < -0.39 is 56.7 Å². The van der Waals surface area contributed by atoms with Crippen molar-refractivity contribution in [1.82, 2.24) is 19.5 Å². The minimum Gasteiger partial charge on any atom is -0.446 e. The third kappa shape index (κ3) is 6.87. The summed E-state index contributed by atoms with van der Waals surface area (Å²) in [6.07, 6.45) is 6.22. The van der Waals surface area contributed by atoms with Crippen molar-refractivity contribution in [2.24, 2.45) is 17.8 Å². The van der Waals surface area contributed by atoms with Crippen LogP contribution >= 0.6 is 11.3 Å². The molecule has 0 unspecified atom stereocenters. The van der Waals surface area contributed by atoms with Gasteiger partial charge in [0.2, 0.25) is 21.8 Å². The summed E-state index contributed by atoms with van der Waals surface area (Å²) < 4.78 is 32.7. The molecule has 2 N–H and O–H groups in total. The van der Waals surface area contributed by atoms with Crippen LogP contribution in [-0.4, -0.2) is 84.0 Å². The number of carbonyl (C=O) groups is 4. The van der Waals surface area contributed by atoms with Crippen molar-refractivity contribution in [3.63, 3.8) is 0 Å². The molecule has 1 aliphatic heterocycles. The molecule has 0 bridgehead atoms. The lowest BCUT2D eigenvalue weighted by atomic mass is 9.93. The summed E-state index contributed by atoms with van der Waals surface area (Å²) in [5.41, 5.74) is 1.68. The van der Waals surface area contributed by atoms with E-state index in [0.717, 1.165) is 45.4 Å². The fourth-order valence-electron chi connectivity index (χ4n) is 6.89. The predicted molar refractivity (Wildman–Crippen MR) is 181 cm³/mol. The molecule has 4 aliphatic rings. The number of nitrogens with one attached hydrogen (secondary N) is 2. The van der Waals surface area contributed by atoms with Gasteiger partial charge in [0.15, 0.2) is 0 Å². The highest BCUT2D eigenvalue weighted by molar-refractivity contribution is 7.90. The van der Waals surface area contributed by atoms with Crippen molar-refractivity contribution in [3.05, 3.63) is 47.0 Å². The minimum absolute atomic E-state index is 0.0802. The van der Waals surface area contributed by atoms with Crippen molar-refractivity contribution in [2.45, 2.75) is 82.1 Å². The van der Waals surface area contributed by atoms with E-state index in [1.54, 1.807) is 11.9 Å². The first-order valence-electron chi connectivity index (χ1n) is 16.6. The molecular weight excluding hydrogens is 655 g/mol. The number of sulfonamides is 1. The van der Waals surface area contributed by atoms with Gasteiger partial charge in [0, 0.05) is 43.2 Å². The fourth-order valence-corrected chi connectivity index (χ4v) is 9.30. The molecule has 48 heavy (non-hydrogen) atoms. The van der Waals surface area contributed by atoms with Gasteiger partial charge in [0.25, 0.3) is 5.91 Å². The number of hydrogen-bond acceptors (Lipinski definition) is 9. The number of aromatic nitrogens is 1. The van der Waals surface area contributed by atoms with Crippen molar-refractivity contribution >= 4 is 50.9 Å².